The first-order chi connectivity index (χ1) is 15.4. The summed E-state index contributed by atoms with van der Waals surface area (Å²) in [5.41, 5.74) is 6.55. The smallest absolute Gasteiger partial charge is 0.123 e. The van der Waals surface area contributed by atoms with Crippen LogP contribution in [-0.2, 0) is 16.8 Å². The first-order valence-electron chi connectivity index (χ1n) is 12.6. The number of aromatic nitrogens is 1. The summed E-state index contributed by atoms with van der Waals surface area (Å²) < 4.78 is 20.8. The van der Waals surface area contributed by atoms with Gasteiger partial charge < -0.3 is 9.84 Å². The van der Waals surface area contributed by atoms with Crippen molar-refractivity contribution in [2.24, 2.45) is 5.41 Å². The Morgan fingerprint density at radius 3 is 2.38 bits per heavy atom. The van der Waals surface area contributed by atoms with Crippen LogP contribution in [0, 0.1) is 11.2 Å². The van der Waals surface area contributed by atoms with Crippen LogP contribution in [0.2, 0.25) is 0 Å². The molecule has 2 unspecified atom stereocenters. The fraction of sp³-hybridized carbons (Fsp3) is 0.607. The van der Waals surface area contributed by atoms with Gasteiger partial charge in [-0.1, -0.05) is 51.7 Å². The fourth-order valence-electron chi connectivity index (χ4n) is 7.12. The van der Waals surface area contributed by atoms with E-state index in [0.29, 0.717) is 5.92 Å². The van der Waals surface area contributed by atoms with Crippen LogP contribution in [0.3, 0.4) is 0 Å². The van der Waals surface area contributed by atoms with Gasteiger partial charge in [0, 0.05) is 22.7 Å². The third kappa shape index (κ3) is 3.17. The molecule has 3 aliphatic carbocycles. The van der Waals surface area contributed by atoms with Gasteiger partial charge in [0.05, 0.1) is 17.4 Å². The van der Waals surface area contributed by atoms with E-state index in [9.17, 15) is 9.50 Å². The summed E-state index contributed by atoms with van der Waals surface area (Å²) in [6, 6.07) is 6.82. The highest BCUT2D eigenvalue weighted by atomic mass is 19.1. The molecule has 1 aromatic heterocycles. The number of aliphatic hydroxyl groups excluding tert-OH is 1. The van der Waals surface area contributed by atoms with Crippen molar-refractivity contribution >= 4 is 0 Å². The number of hydrogen-bond donors (Lipinski definition) is 1. The lowest BCUT2D eigenvalue weighted by atomic mass is 9.70. The normalized spacial score (nSPS) is 28.2. The molecule has 0 saturated heterocycles. The standard InChI is InChI=1S/C28H34FNO2/c1-27(2)15-20-22(21(31)16-27)24-23(25(30-20)17-7-3-4-8-17)26(18-9-11-19(29)12-10-18)32-28(24)13-5-6-14-28/h9-12,17,21,26,31H,3-8,13-16H2,1-2H3. The second-order valence-electron chi connectivity index (χ2n) is 11.4. The molecule has 3 nitrogen and oxygen atoms in total. The van der Waals surface area contributed by atoms with Gasteiger partial charge in [0.25, 0.3) is 0 Å². The van der Waals surface area contributed by atoms with Gasteiger partial charge in [-0.25, -0.2) is 4.39 Å². The highest BCUT2D eigenvalue weighted by Gasteiger charge is 2.53. The Morgan fingerprint density at radius 2 is 1.69 bits per heavy atom. The number of pyridine rings is 1. The van der Waals surface area contributed by atoms with Crippen LogP contribution >= 0.6 is 0 Å². The number of halogens is 1. The van der Waals surface area contributed by atoms with E-state index in [1.165, 1.54) is 54.6 Å². The fourth-order valence-corrected chi connectivity index (χ4v) is 7.12. The highest BCUT2D eigenvalue weighted by Crippen LogP contribution is 2.60. The predicted molar refractivity (Wildman–Crippen MR) is 122 cm³/mol. The van der Waals surface area contributed by atoms with Crippen molar-refractivity contribution < 1.29 is 14.2 Å². The van der Waals surface area contributed by atoms with Gasteiger partial charge >= 0.3 is 0 Å². The largest absolute Gasteiger partial charge is 0.388 e. The van der Waals surface area contributed by atoms with E-state index < -0.39 is 6.10 Å². The molecule has 2 saturated carbocycles. The van der Waals surface area contributed by atoms with Crippen LogP contribution in [0.25, 0.3) is 0 Å². The number of benzene rings is 1. The van der Waals surface area contributed by atoms with Gasteiger partial charge in [-0.05, 0) is 67.2 Å². The minimum absolute atomic E-state index is 0.0409. The number of fused-ring (bicyclic) bond motifs is 4. The van der Waals surface area contributed by atoms with E-state index in [2.05, 4.69) is 13.8 Å². The van der Waals surface area contributed by atoms with Crippen molar-refractivity contribution in [1.82, 2.24) is 4.98 Å². The second-order valence-corrected chi connectivity index (χ2v) is 11.4. The monoisotopic (exact) mass is 435 g/mol. The van der Waals surface area contributed by atoms with Gasteiger partial charge in [0.1, 0.15) is 11.9 Å². The molecular formula is C28H34FNO2. The third-order valence-electron chi connectivity index (χ3n) is 8.49. The molecule has 4 heteroatoms. The first kappa shape index (κ1) is 20.8. The summed E-state index contributed by atoms with van der Waals surface area (Å²) in [5, 5.41) is 11.4. The number of ether oxygens (including phenoxy) is 1. The maximum atomic E-state index is 13.8. The topological polar surface area (TPSA) is 42.4 Å². The summed E-state index contributed by atoms with van der Waals surface area (Å²) in [6.45, 7) is 4.49. The summed E-state index contributed by atoms with van der Waals surface area (Å²) in [7, 11) is 0. The van der Waals surface area contributed by atoms with Gasteiger partial charge in [0.2, 0.25) is 0 Å². The van der Waals surface area contributed by atoms with Crippen LogP contribution in [0.4, 0.5) is 4.39 Å². The molecule has 170 valence electrons. The molecule has 1 spiro atoms. The Balaban J connectivity index is 1.62. The number of aliphatic hydroxyl groups is 1. The summed E-state index contributed by atoms with van der Waals surface area (Å²) in [5.74, 6) is 0.235. The van der Waals surface area contributed by atoms with Crippen molar-refractivity contribution in [2.75, 3.05) is 0 Å². The van der Waals surface area contributed by atoms with Gasteiger partial charge in [0.15, 0.2) is 0 Å². The molecule has 6 rings (SSSR count). The van der Waals surface area contributed by atoms with Crippen LogP contribution in [-0.4, -0.2) is 10.1 Å². The molecule has 2 heterocycles. The van der Waals surface area contributed by atoms with E-state index in [1.807, 2.05) is 12.1 Å². The third-order valence-corrected chi connectivity index (χ3v) is 8.49. The maximum Gasteiger partial charge on any atom is 0.123 e. The molecular weight excluding hydrogens is 401 g/mol. The van der Waals surface area contributed by atoms with Crippen LogP contribution in [0.1, 0.15) is 123 Å². The van der Waals surface area contributed by atoms with Crippen molar-refractivity contribution in [3.63, 3.8) is 0 Å². The minimum atomic E-state index is -0.499. The first-order valence-corrected chi connectivity index (χ1v) is 12.6. The maximum absolute atomic E-state index is 13.8. The zero-order valence-corrected chi connectivity index (χ0v) is 19.3. The Bertz CT molecular complexity index is 1030. The van der Waals surface area contributed by atoms with E-state index in [4.69, 9.17) is 9.72 Å². The van der Waals surface area contributed by atoms with E-state index in [0.717, 1.165) is 55.3 Å². The van der Waals surface area contributed by atoms with Crippen LogP contribution in [0.5, 0.6) is 0 Å². The average molecular weight is 436 g/mol. The molecule has 2 aromatic rings. The number of rotatable bonds is 2. The molecule has 0 radical (unpaired) electrons. The summed E-state index contributed by atoms with van der Waals surface area (Å²) in [6.07, 6.45) is 10.1. The summed E-state index contributed by atoms with van der Waals surface area (Å²) >= 11 is 0. The molecule has 2 fully saturated rings. The minimum Gasteiger partial charge on any atom is -0.388 e. The molecule has 1 aliphatic heterocycles. The molecule has 1 aromatic carbocycles. The van der Waals surface area contributed by atoms with Crippen molar-refractivity contribution in [2.45, 2.75) is 102 Å². The zero-order chi connectivity index (χ0) is 22.1. The molecule has 2 atom stereocenters. The van der Waals surface area contributed by atoms with Crippen LogP contribution < -0.4 is 0 Å². The zero-order valence-electron chi connectivity index (χ0n) is 19.3. The van der Waals surface area contributed by atoms with Gasteiger partial charge in [-0.15, -0.1) is 0 Å². The van der Waals surface area contributed by atoms with Gasteiger partial charge in [-0.3, -0.25) is 4.98 Å². The van der Waals surface area contributed by atoms with E-state index in [-0.39, 0.29) is 22.9 Å². The Hall–Kier alpha value is -1.78. The lowest BCUT2D eigenvalue weighted by Gasteiger charge is -2.38. The van der Waals surface area contributed by atoms with E-state index >= 15 is 0 Å². The number of hydrogen-bond acceptors (Lipinski definition) is 3. The SMILES string of the molecule is CC1(C)Cc2nc(C3CCCC3)c3c(c2C(O)C1)C1(CCCC1)OC3c1ccc(F)cc1. The Morgan fingerprint density at radius 1 is 1.00 bits per heavy atom. The Labute approximate surface area is 190 Å². The lowest BCUT2D eigenvalue weighted by molar-refractivity contribution is -0.0580. The van der Waals surface area contributed by atoms with E-state index in [1.54, 1.807) is 0 Å². The quantitative estimate of drug-likeness (QED) is 0.566. The summed E-state index contributed by atoms with van der Waals surface area (Å²) in [4.78, 5) is 5.35. The molecule has 0 amide bonds. The number of nitrogens with zero attached hydrogens (tertiary/aromatic N) is 1. The Kier molecular flexibility index (Phi) is 4.79. The molecule has 1 N–H and O–H groups in total. The van der Waals surface area contributed by atoms with Crippen molar-refractivity contribution in [3.05, 3.63) is 63.7 Å². The highest BCUT2D eigenvalue weighted by molar-refractivity contribution is 5.54. The second kappa shape index (κ2) is 7.36. The van der Waals surface area contributed by atoms with Crippen molar-refractivity contribution in [3.8, 4) is 0 Å². The lowest BCUT2D eigenvalue weighted by Crippen LogP contribution is -2.32. The van der Waals surface area contributed by atoms with Gasteiger partial charge in [-0.2, -0.15) is 0 Å². The molecule has 4 aliphatic rings. The predicted octanol–water partition coefficient (Wildman–Crippen LogP) is 6.77. The van der Waals surface area contributed by atoms with Crippen LogP contribution in [0.15, 0.2) is 24.3 Å². The molecule has 32 heavy (non-hydrogen) atoms. The van der Waals surface area contributed by atoms with Crippen molar-refractivity contribution in [1.29, 1.82) is 0 Å². The average Bonchev–Trinajstić information content (AvgIpc) is 3.49. The molecule has 0 bridgehead atoms.